The fourth-order valence-corrected chi connectivity index (χ4v) is 1.80. The molecule has 1 aromatic carbocycles. The monoisotopic (exact) mass is 287 g/mol. The number of benzene rings is 1. The molecule has 1 heterocycles. The highest BCUT2D eigenvalue weighted by atomic mass is 16.6. The fourth-order valence-electron chi connectivity index (χ4n) is 1.80. The predicted molar refractivity (Wildman–Crippen MR) is 77.0 cm³/mol. The van der Waals surface area contributed by atoms with Gasteiger partial charge in [0.05, 0.1) is 4.92 Å². The highest BCUT2D eigenvalue weighted by molar-refractivity contribution is 5.93. The van der Waals surface area contributed by atoms with E-state index in [-0.39, 0.29) is 5.82 Å². The summed E-state index contributed by atoms with van der Waals surface area (Å²) in [6, 6.07) is 6.78. The molecule has 108 valence electrons. The Kier molecular flexibility index (Phi) is 3.84. The second-order valence-corrected chi connectivity index (χ2v) is 4.57. The minimum absolute atomic E-state index is 0.237. The average molecular weight is 287 g/mol. The number of pyridine rings is 1. The standard InChI is InChI=1S/C14H13N3O4/c1-8-3-4-10(5-9(8)2)16-13-6-11(14(18)19)12(7-15-13)17(20)21/h3-7H,1-2H3,(H,15,16)(H,18,19). The molecule has 0 unspecified atom stereocenters. The van der Waals surface area contributed by atoms with Crippen molar-refractivity contribution in [3.8, 4) is 0 Å². The SMILES string of the molecule is Cc1ccc(Nc2cc(C(=O)O)c([N+](=O)[O-])cn2)cc1C. The number of nitro groups is 1. The summed E-state index contributed by atoms with van der Waals surface area (Å²) < 4.78 is 0. The zero-order chi connectivity index (χ0) is 15.6. The summed E-state index contributed by atoms with van der Waals surface area (Å²) in [5.74, 6) is -1.13. The van der Waals surface area contributed by atoms with Gasteiger partial charge in [-0.2, -0.15) is 0 Å². The molecule has 0 atom stereocenters. The quantitative estimate of drug-likeness (QED) is 0.661. The molecule has 1 aromatic heterocycles. The Morgan fingerprint density at radius 2 is 2.00 bits per heavy atom. The van der Waals surface area contributed by atoms with Gasteiger partial charge in [-0.15, -0.1) is 0 Å². The number of anilines is 2. The molecule has 0 bridgehead atoms. The highest BCUT2D eigenvalue weighted by Crippen LogP contribution is 2.23. The van der Waals surface area contributed by atoms with Crippen LogP contribution >= 0.6 is 0 Å². The lowest BCUT2D eigenvalue weighted by atomic mass is 10.1. The van der Waals surface area contributed by atoms with Gasteiger partial charge in [-0.3, -0.25) is 10.1 Å². The van der Waals surface area contributed by atoms with Gasteiger partial charge in [0.25, 0.3) is 0 Å². The van der Waals surface area contributed by atoms with E-state index in [1.165, 1.54) is 0 Å². The summed E-state index contributed by atoms with van der Waals surface area (Å²) >= 11 is 0. The van der Waals surface area contributed by atoms with Gasteiger partial charge in [-0.25, -0.2) is 9.78 Å². The molecule has 2 aromatic rings. The fraction of sp³-hybridized carbons (Fsp3) is 0.143. The number of nitrogens with one attached hydrogen (secondary N) is 1. The molecule has 7 nitrogen and oxygen atoms in total. The first-order valence-electron chi connectivity index (χ1n) is 6.10. The van der Waals surface area contributed by atoms with Gasteiger partial charge < -0.3 is 10.4 Å². The van der Waals surface area contributed by atoms with Gasteiger partial charge in [0.2, 0.25) is 0 Å². The zero-order valence-corrected chi connectivity index (χ0v) is 11.5. The number of aromatic carboxylic acids is 1. The van der Waals surface area contributed by atoms with E-state index in [1.807, 2.05) is 32.0 Å². The smallest absolute Gasteiger partial charge is 0.342 e. The minimum Gasteiger partial charge on any atom is -0.477 e. The van der Waals surface area contributed by atoms with Crippen molar-refractivity contribution >= 4 is 23.2 Å². The van der Waals surface area contributed by atoms with Crippen molar-refractivity contribution in [3.63, 3.8) is 0 Å². The largest absolute Gasteiger partial charge is 0.477 e. The van der Waals surface area contributed by atoms with Crippen molar-refractivity contribution in [3.05, 3.63) is 57.3 Å². The predicted octanol–water partition coefficient (Wildman–Crippen LogP) is 3.05. The molecule has 0 aliphatic carbocycles. The van der Waals surface area contributed by atoms with Crippen LogP contribution < -0.4 is 5.32 Å². The zero-order valence-electron chi connectivity index (χ0n) is 11.5. The summed E-state index contributed by atoms with van der Waals surface area (Å²) in [6.45, 7) is 3.93. The van der Waals surface area contributed by atoms with Crippen LogP contribution in [0.2, 0.25) is 0 Å². The van der Waals surface area contributed by atoms with Crippen LogP contribution in [0.1, 0.15) is 21.5 Å². The number of aromatic nitrogens is 1. The van der Waals surface area contributed by atoms with Crippen molar-refractivity contribution in [2.45, 2.75) is 13.8 Å². The number of rotatable bonds is 4. The maximum atomic E-state index is 11.1. The van der Waals surface area contributed by atoms with Crippen molar-refractivity contribution in [2.75, 3.05) is 5.32 Å². The third kappa shape index (κ3) is 3.14. The molecule has 21 heavy (non-hydrogen) atoms. The molecule has 2 rings (SSSR count). The number of hydrogen-bond donors (Lipinski definition) is 2. The Labute approximate surface area is 120 Å². The number of aryl methyl sites for hydroxylation is 2. The average Bonchev–Trinajstić information content (AvgIpc) is 2.42. The summed E-state index contributed by atoms with van der Waals surface area (Å²) in [5.41, 5.74) is 1.99. The Hall–Kier alpha value is -2.96. The van der Waals surface area contributed by atoms with Crippen LogP contribution in [0.25, 0.3) is 0 Å². The summed E-state index contributed by atoms with van der Waals surface area (Å²) in [4.78, 5) is 24.9. The molecule has 0 fully saturated rings. The van der Waals surface area contributed by atoms with Gasteiger partial charge in [-0.1, -0.05) is 6.07 Å². The second-order valence-electron chi connectivity index (χ2n) is 4.57. The Morgan fingerprint density at radius 1 is 1.29 bits per heavy atom. The summed E-state index contributed by atoms with van der Waals surface area (Å²) in [5, 5.41) is 22.7. The van der Waals surface area contributed by atoms with E-state index < -0.39 is 22.1 Å². The number of carbonyl (C=O) groups is 1. The first-order chi connectivity index (χ1) is 9.88. The normalized spacial score (nSPS) is 10.2. The van der Waals surface area contributed by atoms with Crippen molar-refractivity contribution < 1.29 is 14.8 Å². The number of carboxylic acids is 1. The second kappa shape index (κ2) is 5.58. The summed E-state index contributed by atoms with van der Waals surface area (Å²) in [7, 11) is 0. The number of hydrogen-bond acceptors (Lipinski definition) is 5. The molecule has 0 radical (unpaired) electrons. The maximum Gasteiger partial charge on any atom is 0.342 e. The van der Waals surface area contributed by atoms with E-state index in [2.05, 4.69) is 10.3 Å². The summed E-state index contributed by atoms with van der Waals surface area (Å²) in [6.07, 6.45) is 0.937. The Morgan fingerprint density at radius 3 is 2.57 bits per heavy atom. The van der Waals surface area contributed by atoms with Crippen LogP contribution in [0.15, 0.2) is 30.5 Å². The van der Waals surface area contributed by atoms with Crippen molar-refractivity contribution in [1.82, 2.24) is 4.98 Å². The van der Waals surface area contributed by atoms with E-state index in [9.17, 15) is 14.9 Å². The number of nitrogens with zero attached hydrogens (tertiary/aromatic N) is 2. The molecule has 0 saturated carbocycles. The van der Waals surface area contributed by atoms with Crippen LogP contribution in [0, 0.1) is 24.0 Å². The number of carboxylic acid groups (broad SMARTS) is 1. The molecule has 0 amide bonds. The van der Waals surface area contributed by atoms with Gasteiger partial charge in [0.15, 0.2) is 0 Å². The Balaban J connectivity index is 2.36. The first kappa shape index (κ1) is 14.4. The van der Waals surface area contributed by atoms with E-state index in [1.54, 1.807) is 0 Å². The van der Waals surface area contributed by atoms with Crippen LogP contribution in [0.4, 0.5) is 17.2 Å². The highest BCUT2D eigenvalue weighted by Gasteiger charge is 2.21. The first-order valence-corrected chi connectivity index (χ1v) is 6.10. The van der Waals surface area contributed by atoms with Crippen LogP contribution in [0.5, 0.6) is 0 Å². The molecule has 0 spiro atoms. The van der Waals surface area contributed by atoms with Gasteiger partial charge in [-0.05, 0) is 37.1 Å². The van der Waals surface area contributed by atoms with E-state index in [4.69, 9.17) is 5.11 Å². The van der Waals surface area contributed by atoms with Crippen LogP contribution in [-0.2, 0) is 0 Å². The van der Waals surface area contributed by atoms with Gasteiger partial charge >= 0.3 is 11.7 Å². The van der Waals surface area contributed by atoms with Gasteiger partial charge in [0, 0.05) is 11.8 Å². The molecular formula is C14H13N3O4. The molecule has 0 aliphatic heterocycles. The third-order valence-corrected chi connectivity index (χ3v) is 3.09. The van der Waals surface area contributed by atoms with E-state index in [0.29, 0.717) is 0 Å². The topological polar surface area (TPSA) is 105 Å². The molecule has 7 heteroatoms. The maximum absolute atomic E-state index is 11.1. The third-order valence-electron chi connectivity index (χ3n) is 3.09. The molecule has 2 N–H and O–H groups in total. The van der Waals surface area contributed by atoms with E-state index in [0.717, 1.165) is 29.1 Å². The lowest BCUT2D eigenvalue weighted by Crippen LogP contribution is -2.05. The molecule has 0 aliphatic rings. The van der Waals surface area contributed by atoms with Crippen LogP contribution in [0.3, 0.4) is 0 Å². The molecule has 0 saturated heterocycles. The van der Waals surface area contributed by atoms with Crippen molar-refractivity contribution in [2.24, 2.45) is 0 Å². The lowest BCUT2D eigenvalue weighted by molar-refractivity contribution is -0.385. The van der Waals surface area contributed by atoms with Crippen LogP contribution in [-0.4, -0.2) is 21.0 Å². The molecular weight excluding hydrogens is 274 g/mol. The van der Waals surface area contributed by atoms with Gasteiger partial charge in [0.1, 0.15) is 17.6 Å². The van der Waals surface area contributed by atoms with Crippen molar-refractivity contribution in [1.29, 1.82) is 0 Å². The lowest BCUT2D eigenvalue weighted by Gasteiger charge is -2.08. The minimum atomic E-state index is -1.37. The van der Waals surface area contributed by atoms with E-state index >= 15 is 0 Å². The Bertz CT molecular complexity index is 728.